The van der Waals surface area contributed by atoms with Gasteiger partial charge in [0.1, 0.15) is 0 Å². The fourth-order valence-electron chi connectivity index (χ4n) is 1.04. The van der Waals surface area contributed by atoms with Crippen LogP contribution in [0.3, 0.4) is 0 Å². The summed E-state index contributed by atoms with van der Waals surface area (Å²) < 4.78 is 0. The SMILES string of the molecule is CC(C)Cc1cscc1C=O. The van der Waals surface area contributed by atoms with E-state index in [0.29, 0.717) is 5.92 Å². The molecule has 0 aromatic carbocycles. The lowest BCUT2D eigenvalue weighted by molar-refractivity contribution is 0.112. The summed E-state index contributed by atoms with van der Waals surface area (Å²) in [7, 11) is 0. The molecule has 60 valence electrons. The highest BCUT2D eigenvalue weighted by atomic mass is 32.1. The second-order valence-corrected chi connectivity index (χ2v) is 3.81. The van der Waals surface area contributed by atoms with E-state index in [9.17, 15) is 4.79 Å². The zero-order valence-corrected chi connectivity index (χ0v) is 7.65. The van der Waals surface area contributed by atoms with Gasteiger partial charge in [0.05, 0.1) is 0 Å². The minimum Gasteiger partial charge on any atom is -0.298 e. The first-order chi connectivity index (χ1) is 5.24. The molecule has 0 atom stereocenters. The number of hydrogen-bond donors (Lipinski definition) is 0. The predicted molar refractivity (Wildman–Crippen MR) is 48.2 cm³/mol. The van der Waals surface area contributed by atoms with Crippen LogP contribution in [0.15, 0.2) is 10.8 Å². The van der Waals surface area contributed by atoms with Gasteiger partial charge in [-0.05, 0) is 23.3 Å². The lowest BCUT2D eigenvalue weighted by Gasteiger charge is -2.01. The van der Waals surface area contributed by atoms with Crippen molar-refractivity contribution in [3.05, 3.63) is 21.9 Å². The summed E-state index contributed by atoms with van der Waals surface area (Å²) in [6.07, 6.45) is 1.95. The molecule has 0 saturated carbocycles. The van der Waals surface area contributed by atoms with Crippen molar-refractivity contribution in [2.45, 2.75) is 20.3 Å². The molecule has 0 aliphatic rings. The monoisotopic (exact) mass is 168 g/mol. The zero-order valence-electron chi connectivity index (χ0n) is 6.83. The van der Waals surface area contributed by atoms with Crippen molar-refractivity contribution in [2.24, 2.45) is 5.92 Å². The van der Waals surface area contributed by atoms with Gasteiger partial charge in [-0.15, -0.1) is 0 Å². The van der Waals surface area contributed by atoms with E-state index < -0.39 is 0 Å². The van der Waals surface area contributed by atoms with Gasteiger partial charge in [-0.3, -0.25) is 4.79 Å². The van der Waals surface area contributed by atoms with E-state index in [1.807, 2.05) is 5.38 Å². The molecule has 0 N–H and O–H groups in total. The molecule has 1 rings (SSSR count). The summed E-state index contributed by atoms with van der Waals surface area (Å²) in [4.78, 5) is 10.5. The van der Waals surface area contributed by atoms with Crippen LogP contribution in [-0.4, -0.2) is 6.29 Å². The highest BCUT2D eigenvalue weighted by Gasteiger charge is 2.03. The number of aldehydes is 1. The lowest BCUT2D eigenvalue weighted by atomic mass is 10.0. The number of rotatable bonds is 3. The molecular weight excluding hydrogens is 156 g/mol. The molecule has 0 amide bonds. The van der Waals surface area contributed by atoms with Crippen molar-refractivity contribution in [3.8, 4) is 0 Å². The average molecular weight is 168 g/mol. The van der Waals surface area contributed by atoms with Crippen molar-refractivity contribution >= 4 is 17.6 Å². The smallest absolute Gasteiger partial charge is 0.151 e. The fraction of sp³-hybridized carbons (Fsp3) is 0.444. The first-order valence-electron chi connectivity index (χ1n) is 3.74. The van der Waals surface area contributed by atoms with Crippen molar-refractivity contribution in [1.29, 1.82) is 0 Å². The van der Waals surface area contributed by atoms with Gasteiger partial charge in [-0.2, -0.15) is 11.3 Å². The van der Waals surface area contributed by atoms with E-state index in [1.165, 1.54) is 5.56 Å². The van der Waals surface area contributed by atoms with Crippen molar-refractivity contribution in [3.63, 3.8) is 0 Å². The van der Waals surface area contributed by atoms with Gasteiger partial charge < -0.3 is 0 Å². The van der Waals surface area contributed by atoms with Crippen molar-refractivity contribution in [2.75, 3.05) is 0 Å². The Morgan fingerprint density at radius 1 is 1.55 bits per heavy atom. The molecule has 2 heteroatoms. The van der Waals surface area contributed by atoms with E-state index in [0.717, 1.165) is 18.3 Å². The standard InChI is InChI=1S/C9H12OS/c1-7(2)3-8-5-11-6-9(8)4-10/h4-7H,3H2,1-2H3. The molecular formula is C9H12OS. The van der Waals surface area contributed by atoms with Crippen LogP contribution in [0.2, 0.25) is 0 Å². The Labute approximate surface area is 71.1 Å². The van der Waals surface area contributed by atoms with Crippen LogP contribution in [0.25, 0.3) is 0 Å². The summed E-state index contributed by atoms with van der Waals surface area (Å²) in [6, 6.07) is 0. The maximum atomic E-state index is 10.5. The number of carbonyl (C=O) groups is 1. The maximum Gasteiger partial charge on any atom is 0.151 e. The summed E-state index contributed by atoms with van der Waals surface area (Å²) in [6.45, 7) is 4.32. The fourth-order valence-corrected chi connectivity index (χ4v) is 1.86. The molecule has 1 aromatic heterocycles. The third-order valence-electron chi connectivity index (χ3n) is 1.53. The topological polar surface area (TPSA) is 17.1 Å². The molecule has 0 aliphatic carbocycles. The molecule has 1 heterocycles. The Morgan fingerprint density at radius 3 is 2.82 bits per heavy atom. The predicted octanol–water partition coefficient (Wildman–Crippen LogP) is 2.76. The van der Waals surface area contributed by atoms with Gasteiger partial charge in [0, 0.05) is 10.9 Å². The molecule has 0 radical (unpaired) electrons. The Hall–Kier alpha value is -0.630. The average Bonchev–Trinajstić information content (AvgIpc) is 2.34. The Bertz CT molecular complexity index is 237. The highest BCUT2D eigenvalue weighted by molar-refractivity contribution is 7.08. The van der Waals surface area contributed by atoms with E-state index >= 15 is 0 Å². The van der Waals surface area contributed by atoms with E-state index in [4.69, 9.17) is 0 Å². The van der Waals surface area contributed by atoms with Crippen LogP contribution >= 0.6 is 11.3 Å². The van der Waals surface area contributed by atoms with Crippen LogP contribution in [0, 0.1) is 5.92 Å². The Balaban J connectivity index is 2.76. The highest BCUT2D eigenvalue weighted by Crippen LogP contribution is 2.16. The quantitative estimate of drug-likeness (QED) is 0.634. The van der Waals surface area contributed by atoms with Gasteiger partial charge in [0.15, 0.2) is 6.29 Å². The van der Waals surface area contributed by atoms with E-state index in [-0.39, 0.29) is 0 Å². The third kappa shape index (κ3) is 2.15. The third-order valence-corrected chi connectivity index (χ3v) is 2.34. The molecule has 0 unspecified atom stereocenters. The van der Waals surface area contributed by atoms with Crippen LogP contribution in [0.4, 0.5) is 0 Å². The Kier molecular flexibility index (Phi) is 2.83. The van der Waals surface area contributed by atoms with Gasteiger partial charge >= 0.3 is 0 Å². The zero-order chi connectivity index (χ0) is 8.27. The second-order valence-electron chi connectivity index (χ2n) is 3.07. The molecule has 0 saturated heterocycles. The van der Waals surface area contributed by atoms with Crippen molar-refractivity contribution in [1.82, 2.24) is 0 Å². The van der Waals surface area contributed by atoms with Gasteiger partial charge in [-0.1, -0.05) is 13.8 Å². The Morgan fingerprint density at radius 2 is 2.27 bits per heavy atom. The van der Waals surface area contributed by atoms with Gasteiger partial charge in [0.2, 0.25) is 0 Å². The van der Waals surface area contributed by atoms with E-state index in [1.54, 1.807) is 11.3 Å². The van der Waals surface area contributed by atoms with Gasteiger partial charge in [0.25, 0.3) is 0 Å². The molecule has 1 nitrogen and oxygen atoms in total. The summed E-state index contributed by atoms with van der Waals surface area (Å²) in [5, 5.41) is 3.97. The normalized spacial score (nSPS) is 10.5. The minimum atomic E-state index is 0.628. The maximum absolute atomic E-state index is 10.5. The van der Waals surface area contributed by atoms with Crippen LogP contribution in [-0.2, 0) is 6.42 Å². The molecule has 0 aliphatic heterocycles. The summed E-state index contributed by atoms with van der Waals surface area (Å²) in [5.41, 5.74) is 2.06. The molecule has 0 bridgehead atoms. The van der Waals surface area contributed by atoms with Crippen LogP contribution in [0.1, 0.15) is 29.8 Å². The number of carbonyl (C=O) groups excluding carboxylic acids is 1. The van der Waals surface area contributed by atoms with Crippen LogP contribution < -0.4 is 0 Å². The molecule has 1 aromatic rings. The minimum absolute atomic E-state index is 0.628. The van der Waals surface area contributed by atoms with Gasteiger partial charge in [-0.25, -0.2) is 0 Å². The number of thiophene rings is 1. The van der Waals surface area contributed by atoms with Crippen LogP contribution in [0.5, 0.6) is 0 Å². The second kappa shape index (κ2) is 3.67. The molecule has 11 heavy (non-hydrogen) atoms. The largest absolute Gasteiger partial charge is 0.298 e. The van der Waals surface area contributed by atoms with E-state index in [2.05, 4.69) is 19.2 Å². The summed E-state index contributed by atoms with van der Waals surface area (Å²) in [5.74, 6) is 0.628. The lowest BCUT2D eigenvalue weighted by Crippen LogP contribution is -1.94. The molecule has 0 fully saturated rings. The summed E-state index contributed by atoms with van der Waals surface area (Å²) >= 11 is 1.60. The van der Waals surface area contributed by atoms with Crippen molar-refractivity contribution < 1.29 is 4.79 Å². The first kappa shape index (κ1) is 8.47. The molecule has 0 spiro atoms. The number of hydrogen-bond acceptors (Lipinski definition) is 2. The first-order valence-corrected chi connectivity index (χ1v) is 4.68.